The Morgan fingerprint density at radius 3 is 2.86 bits per heavy atom. The number of nitrogens with zero attached hydrogens (tertiary/aromatic N) is 1. The van der Waals surface area contributed by atoms with E-state index in [2.05, 4.69) is 17.1 Å². The van der Waals surface area contributed by atoms with Crippen molar-refractivity contribution in [2.45, 2.75) is 37.3 Å². The van der Waals surface area contributed by atoms with E-state index in [9.17, 15) is 0 Å². The molecule has 0 unspecified atom stereocenters. The molecule has 2 rings (SSSR count). The van der Waals surface area contributed by atoms with Gasteiger partial charge in [0, 0.05) is 0 Å². The van der Waals surface area contributed by atoms with Crippen LogP contribution in [0.2, 0.25) is 5.21 Å². The van der Waals surface area contributed by atoms with Gasteiger partial charge in [-0.05, 0) is 0 Å². The number of aromatic nitrogens is 1. The van der Waals surface area contributed by atoms with E-state index >= 15 is 0 Å². The number of hydrogen-bond donors (Lipinski definition) is 0. The van der Waals surface area contributed by atoms with Crippen LogP contribution in [0.25, 0.3) is 0 Å². The summed E-state index contributed by atoms with van der Waals surface area (Å²) in [5, 5.41) is 1.46. The molecule has 0 N–H and O–H groups in total. The summed E-state index contributed by atoms with van der Waals surface area (Å²) in [6.45, 7) is 0. The molecule has 0 amide bonds. The third kappa shape index (κ3) is 3.13. The normalized spacial score (nSPS) is 19.1. The van der Waals surface area contributed by atoms with E-state index in [0.717, 1.165) is 5.92 Å². The van der Waals surface area contributed by atoms with Crippen molar-refractivity contribution in [2.75, 3.05) is 0 Å². The predicted molar refractivity (Wildman–Crippen MR) is 61.0 cm³/mol. The van der Waals surface area contributed by atoms with Gasteiger partial charge in [-0.1, -0.05) is 0 Å². The van der Waals surface area contributed by atoms with Gasteiger partial charge in [0.1, 0.15) is 0 Å². The number of hydrogen-bond acceptors (Lipinski definition) is 1. The van der Waals surface area contributed by atoms with E-state index < -0.39 is 0 Å². The van der Waals surface area contributed by atoms with Crippen LogP contribution in [0, 0.1) is 5.92 Å². The molecule has 0 saturated heterocycles. The zero-order chi connectivity index (χ0) is 9.64. The van der Waals surface area contributed by atoms with E-state index in [1.807, 2.05) is 12.4 Å². The van der Waals surface area contributed by atoms with Crippen LogP contribution >= 0.6 is 0 Å². The molecule has 1 fully saturated rings. The molecule has 1 nitrogen and oxygen atoms in total. The van der Waals surface area contributed by atoms with Crippen molar-refractivity contribution < 1.29 is 0 Å². The Labute approximate surface area is 93.0 Å². The van der Waals surface area contributed by atoms with Gasteiger partial charge in [-0.3, -0.25) is 0 Å². The minimum absolute atomic E-state index is 0.384. The molecule has 1 saturated carbocycles. The van der Waals surface area contributed by atoms with Crippen molar-refractivity contribution in [3.63, 3.8) is 0 Å². The average molecular weight is 250 g/mol. The maximum atomic E-state index is 4.17. The van der Waals surface area contributed by atoms with E-state index in [1.165, 1.54) is 41.7 Å². The van der Waals surface area contributed by atoms with Gasteiger partial charge < -0.3 is 0 Å². The fourth-order valence-corrected chi connectivity index (χ4v) is 4.51. The van der Waals surface area contributed by atoms with Gasteiger partial charge in [0.2, 0.25) is 0 Å². The van der Waals surface area contributed by atoms with Crippen LogP contribution < -0.4 is 4.35 Å². The SMILES string of the molecule is c1cncc([As]CC2CCCCC2)c1. The van der Waals surface area contributed by atoms with Gasteiger partial charge in [0.25, 0.3) is 0 Å². The third-order valence-electron chi connectivity index (χ3n) is 2.90. The molecule has 0 aliphatic heterocycles. The molecule has 1 heterocycles. The van der Waals surface area contributed by atoms with Gasteiger partial charge in [-0.15, -0.1) is 0 Å². The van der Waals surface area contributed by atoms with Crippen LogP contribution in [-0.2, 0) is 0 Å². The molecule has 2 heteroatoms. The molecule has 0 atom stereocenters. The third-order valence-corrected chi connectivity index (χ3v) is 5.69. The second kappa shape index (κ2) is 5.56. The monoisotopic (exact) mass is 250 g/mol. The summed E-state index contributed by atoms with van der Waals surface area (Å²) in [5.74, 6) is 1.03. The van der Waals surface area contributed by atoms with E-state index in [1.54, 1.807) is 0 Å². The Morgan fingerprint density at radius 1 is 1.29 bits per heavy atom. The van der Waals surface area contributed by atoms with Crippen LogP contribution in [-0.4, -0.2) is 20.7 Å². The fourth-order valence-electron chi connectivity index (χ4n) is 2.05. The Balaban J connectivity index is 1.76. The van der Waals surface area contributed by atoms with E-state index in [4.69, 9.17) is 0 Å². The summed E-state index contributed by atoms with van der Waals surface area (Å²) in [7, 11) is 0. The molecule has 14 heavy (non-hydrogen) atoms. The Bertz CT molecular complexity index is 254. The quantitative estimate of drug-likeness (QED) is 0.751. The van der Waals surface area contributed by atoms with Gasteiger partial charge in [0.05, 0.1) is 0 Å². The van der Waals surface area contributed by atoms with Crippen LogP contribution in [0.5, 0.6) is 0 Å². The standard InChI is InChI=1S/C12H17AsN/c1-2-5-11(6-3-1)9-13-12-7-4-8-14-10-12/h4,7-8,10-11H,1-3,5-6,9H2. The Kier molecular flexibility index (Phi) is 4.06. The first-order valence-corrected chi connectivity index (χ1v) is 7.79. The second-order valence-electron chi connectivity index (χ2n) is 4.06. The van der Waals surface area contributed by atoms with Gasteiger partial charge in [-0.2, -0.15) is 0 Å². The molecule has 1 radical (unpaired) electrons. The molecular formula is C12H17AsN. The van der Waals surface area contributed by atoms with Crippen LogP contribution in [0.1, 0.15) is 32.1 Å². The summed E-state index contributed by atoms with van der Waals surface area (Å²) >= 11 is 0.384. The van der Waals surface area contributed by atoms with Gasteiger partial charge in [-0.25, -0.2) is 0 Å². The molecular weight excluding hydrogens is 233 g/mol. The molecule has 1 aromatic heterocycles. The van der Waals surface area contributed by atoms with Crippen molar-refractivity contribution in [1.82, 2.24) is 4.98 Å². The first kappa shape index (κ1) is 10.2. The molecule has 0 spiro atoms. The summed E-state index contributed by atoms with van der Waals surface area (Å²) in [6, 6.07) is 4.29. The molecule has 0 bridgehead atoms. The van der Waals surface area contributed by atoms with Crippen LogP contribution in [0.4, 0.5) is 0 Å². The van der Waals surface area contributed by atoms with Crippen molar-refractivity contribution in [2.24, 2.45) is 5.92 Å². The molecule has 75 valence electrons. The Morgan fingerprint density at radius 2 is 2.14 bits per heavy atom. The number of pyridine rings is 1. The van der Waals surface area contributed by atoms with Crippen molar-refractivity contribution in [3.05, 3.63) is 24.5 Å². The van der Waals surface area contributed by atoms with E-state index in [0.29, 0.717) is 15.8 Å². The summed E-state index contributed by atoms with van der Waals surface area (Å²) in [5.41, 5.74) is 0. The summed E-state index contributed by atoms with van der Waals surface area (Å²) in [4.78, 5) is 4.17. The van der Waals surface area contributed by atoms with E-state index in [-0.39, 0.29) is 0 Å². The van der Waals surface area contributed by atoms with Gasteiger partial charge >= 0.3 is 92.8 Å². The maximum absolute atomic E-state index is 4.17. The summed E-state index contributed by atoms with van der Waals surface area (Å²) < 4.78 is 1.49. The molecule has 1 aliphatic carbocycles. The first-order chi connectivity index (χ1) is 6.95. The molecule has 1 aliphatic rings. The van der Waals surface area contributed by atoms with Crippen molar-refractivity contribution >= 4 is 20.1 Å². The van der Waals surface area contributed by atoms with Crippen molar-refractivity contribution in [1.29, 1.82) is 0 Å². The average Bonchev–Trinajstić information content (AvgIpc) is 2.29. The fraction of sp³-hybridized carbons (Fsp3) is 0.583. The molecule has 0 aromatic carbocycles. The number of rotatable bonds is 3. The zero-order valence-corrected chi connectivity index (χ0v) is 10.4. The summed E-state index contributed by atoms with van der Waals surface area (Å²) in [6.07, 6.45) is 11.3. The predicted octanol–water partition coefficient (Wildman–Crippen LogP) is 2.41. The van der Waals surface area contributed by atoms with Crippen molar-refractivity contribution in [3.8, 4) is 0 Å². The van der Waals surface area contributed by atoms with Crippen LogP contribution in [0.15, 0.2) is 24.5 Å². The topological polar surface area (TPSA) is 12.9 Å². The minimum atomic E-state index is 0.384. The second-order valence-corrected chi connectivity index (χ2v) is 6.57. The molecule has 1 aromatic rings. The Hall–Kier alpha value is -0.292. The first-order valence-electron chi connectivity index (χ1n) is 5.52. The van der Waals surface area contributed by atoms with Crippen LogP contribution in [0.3, 0.4) is 0 Å². The van der Waals surface area contributed by atoms with Gasteiger partial charge in [0.15, 0.2) is 0 Å². The zero-order valence-electron chi connectivity index (χ0n) is 8.52.